The molecule has 0 heterocycles. The summed E-state index contributed by atoms with van der Waals surface area (Å²) in [5, 5.41) is 11.3. The van der Waals surface area contributed by atoms with Gasteiger partial charge in [-0.25, -0.2) is 14.0 Å². The summed E-state index contributed by atoms with van der Waals surface area (Å²) in [5.74, 6) is -2.26. The van der Waals surface area contributed by atoms with Crippen LogP contribution in [-0.4, -0.2) is 29.9 Å². The Labute approximate surface area is 132 Å². The van der Waals surface area contributed by atoms with E-state index < -0.39 is 29.5 Å². The van der Waals surface area contributed by atoms with Crippen molar-refractivity contribution in [1.82, 2.24) is 5.32 Å². The van der Waals surface area contributed by atoms with Gasteiger partial charge in [0.2, 0.25) is 0 Å². The van der Waals surface area contributed by atoms with E-state index in [9.17, 15) is 19.1 Å². The SMILES string of the molecule is COc1cc(F)c(C(NC(=O)OC(C)(C)C)C(=O)O)cc1Cl. The van der Waals surface area contributed by atoms with Crippen LogP contribution in [0, 0.1) is 5.82 Å². The minimum absolute atomic E-state index is 0.0242. The van der Waals surface area contributed by atoms with Crippen LogP contribution in [-0.2, 0) is 9.53 Å². The number of methoxy groups -OCH3 is 1. The summed E-state index contributed by atoms with van der Waals surface area (Å²) in [6.07, 6.45) is -0.980. The number of carbonyl (C=O) groups excluding carboxylic acids is 1. The van der Waals surface area contributed by atoms with Gasteiger partial charge in [-0.05, 0) is 26.8 Å². The van der Waals surface area contributed by atoms with Crippen molar-refractivity contribution in [3.8, 4) is 5.75 Å². The number of carbonyl (C=O) groups is 2. The highest BCUT2D eigenvalue weighted by Gasteiger charge is 2.28. The van der Waals surface area contributed by atoms with Crippen LogP contribution in [0.4, 0.5) is 9.18 Å². The summed E-state index contributed by atoms with van der Waals surface area (Å²) < 4.78 is 23.8. The molecule has 0 saturated carbocycles. The number of hydrogen-bond acceptors (Lipinski definition) is 4. The molecule has 2 N–H and O–H groups in total. The summed E-state index contributed by atoms with van der Waals surface area (Å²) in [6, 6.07) is 0.397. The number of amides is 1. The molecular weight excluding hydrogens is 317 g/mol. The third-order valence-corrected chi connectivity index (χ3v) is 2.79. The molecule has 0 fully saturated rings. The molecule has 0 aliphatic rings. The first kappa shape index (κ1) is 18.0. The summed E-state index contributed by atoms with van der Waals surface area (Å²) in [5.41, 5.74) is -1.12. The Morgan fingerprint density at radius 3 is 2.41 bits per heavy atom. The number of halogens is 2. The van der Waals surface area contributed by atoms with Crippen molar-refractivity contribution in [2.24, 2.45) is 0 Å². The fourth-order valence-corrected chi connectivity index (χ4v) is 1.87. The molecule has 0 aliphatic carbocycles. The third kappa shape index (κ3) is 4.77. The highest BCUT2D eigenvalue weighted by molar-refractivity contribution is 6.32. The van der Waals surface area contributed by atoms with Gasteiger partial charge >= 0.3 is 12.1 Å². The Balaban J connectivity index is 3.09. The van der Waals surface area contributed by atoms with E-state index >= 15 is 0 Å². The molecule has 6 nitrogen and oxygen atoms in total. The molecule has 8 heteroatoms. The predicted octanol–water partition coefficient (Wildman–Crippen LogP) is 3.14. The van der Waals surface area contributed by atoms with Crippen LogP contribution in [0.1, 0.15) is 32.4 Å². The number of nitrogens with one attached hydrogen (secondary N) is 1. The smallest absolute Gasteiger partial charge is 0.408 e. The van der Waals surface area contributed by atoms with E-state index in [0.29, 0.717) is 0 Å². The number of alkyl carbamates (subject to hydrolysis) is 1. The molecule has 1 amide bonds. The van der Waals surface area contributed by atoms with Crippen LogP contribution in [0.5, 0.6) is 5.75 Å². The van der Waals surface area contributed by atoms with Crippen LogP contribution in [0.3, 0.4) is 0 Å². The molecule has 22 heavy (non-hydrogen) atoms. The first-order valence-electron chi connectivity index (χ1n) is 6.30. The number of carboxylic acid groups (broad SMARTS) is 1. The number of benzene rings is 1. The van der Waals surface area contributed by atoms with Crippen molar-refractivity contribution < 1.29 is 28.6 Å². The van der Waals surface area contributed by atoms with Crippen molar-refractivity contribution in [2.45, 2.75) is 32.4 Å². The molecular formula is C14H17ClFNO5. The zero-order valence-corrected chi connectivity index (χ0v) is 13.3. The normalized spacial score (nSPS) is 12.5. The predicted molar refractivity (Wildman–Crippen MR) is 77.7 cm³/mol. The average molecular weight is 334 g/mol. The maximum atomic E-state index is 14.0. The molecule has 1 aromatic carbocycles. The third-order valence-electron chi connectivity index (χ3n) is 2.49. The Morgan fingerprint density at radius 1 is 1.36 bits per heavy atom. The van der Waals surface area contributed by atoms with Gasteiger partial charge in [0, 0.05) is 11.6 Å². The van der Waals surface area contributed by atoms with Crippen LogP contribution >= 0.6 is 11.6 Å². The van der Waals surface area contributed by atoms with E-state index in [4.69, 9.17) is 21.1 Å². The van der Waals surface area contributed by atoms with Crippen molar-refractivity contribution in [3.05, 3.63) is 28.5 Å². The number of carboxylic acids is 1. The Morgan fingerprint density at radius 2 is 1.95 bits per heavy atom. The van der Waals surface area contributed by atoms with Crippen LogP contribution in [0.2, 0.25) is 5.02 Å². The highest BCUT2D eigenvalue weighted by Crippen LogP contribution is 2.30. The van der Waals surface area contributed by atoms with Gasteiger partial charge in [0.25, 0.3) is 0 Å². The first-order chi connectivity index (χ1) is 10.0. The molecule has 1 aromatic rings. The molecule has 0 bridgehead atoms. The molecule has 1 rings (SSSR count). The van der Waals surface area contributed by atoms with Gasteiger partial charge in [-0.3, -0.25) is 0 Å². The van der Waals surface area contributed by atoms with Gasteiger partial charge in [0.1, 0.15) is 17.2 Å². The molecule has 0 spiro atoms. The molecule has 0 radical (unpaired) electrons. The van der Waals surface area contributed by atoms with E-state index in [1.165, 1.54) is 7.11 Å². The Bertz CT molecular complexity index is 585. The maximum absolute atomic E-state index is 14.0. The first-order valence-corrected chi connectivity index (χ1v) is 6.68. The largest absolute Gasteiger partial charge is 0.495 e. The topological polar surface area (TPSA) is 84.9 Å². The minimum atomic E-state index is -1.64. The Kier molecular flexibility index (Phi) is 5.59. The van der Waals surface area contributed by atoms with Crippen molar-refractivity contribution in [1.29, 1.82) is 0 Å². The second-order valence-corrected chi connectivity index (χ2v) is 5.83. The number of ether oxygens (including phenoxy) is 2. The van der Waals surface area contributed by atoms with E-state index in [-0.39, 0.29) is 16.3 Å². The van der Waals surface area contributed by atoms with Crippen LogP contribution in [0.15, 0.2) is 12.1 Å². The molecule has 0 aliphatic heterocycles. The zero-order chi connectivity index (χ0) is 17.1. The monoisotopic (exact) mass is 333 g/mol. The molecule has 1 atom stereocenters. The average Bonchev–Trinajstić information content (AvgIpc) is 2.36. The fraction of sp³-hybridized carbons (Fsp3) is 0.429. The lowest BCUT2D eigenvalue weighted by Crippen LogP contribution is -2.38. The maximum Gasteiger partial charge on any atom is 0.408 e. The van der Waals surface area contributed by atoms with Gasteiger partial charge in [-0.2, -0.15) is 0 Å². The van der Waals surface area contributed by atoms with E-state index in [1.54, 1.807) is 20.8 Å². The number of rotatable bonds is 4. The minimum Gasteiger partial charge on any atom is -0.495 e. The molecule has 0 aromatic heterocycles. The quantitative estimate of drug-likeness (QED) is 0.884. The van der Waals surface area contributed by atoms with Crippen molar-refractivity contribution in [2.75, 3.05) is 7.11 Å². The molecule has 0 saturated heterocycles. The van der Waals surface area contributed by atoms with E-state index in [1.807, 2.05) is 0 Å². The van der Waals surface area contributed by atoms with E-state index in [0.717, 1.165) is 12.1 Å². The summed E-state index contributed by atoms with van der Waals surface area (Å²) in [4.78, 5) is 23.0. The number of hydrogen-bond donors (Lipinski definition) is 2. The van der Waals surface area contributed by atoms with E-state index in [2.05, 4.69) is 5.32 Å². The second-order valence-electron chi connectivity index (χ2n) is 5.43. The lowest BCUT2D eigenvalue weighted by Gasteiger charge is -2.22. The Hall–Kier alpha value is -2.02. The molecule has 122 valence electrons. The van der Waals surface area contributed by atoms with Gasteiger partial charge in [-0.15, -0.1) is 0 Å². The van der Waals surface area contributed by atoms with Gasteiger partial charge in [0.15, 0.2) is 6.04 Å². The standard InChI is InChI=1S/C14H17ClFNO5/c1-14(2,3)22-13(20)17-11(12(18)19)7-5-8(15)10(21-4)6-9(7)16/h5-6,11H,1-4H3,(H,17,20)(H,18,19). The number of aliphatic carboxylic acids is 1. The highest BCUT2D eigenvalue weighted by atomic mass is 35.5. The summed E-state index contributed by atoms with van der Waals surface area (Å²) in [6.45, 7) is 4.85. The lowest BCUT2D eigenvalue weighted by atomic mass is 10.1. The van der Waals surface area contributed by atoms with Crippen LogP contribution < -0.4 is 10.1 Å². The van der Waals surface area contributed by atoms with Crippen LogP contribution in [0.25, 0.3) is 0 Å². The van der Waals surface area contributed by atoms with Gasteiger partial charge in [0.05, 0.1) is 12.1 Å². The molecule has 1 unspecified atom stereocenters. The zero-order valence-electron chi connectivity index (χ0n) is 12.6. The lowest BCUT2D eigenvalue weighted by molar-refractivity contribution is -0.139. The van der Waals surface area contributed by atoms with Crippen molar-refractivity contribution in [3.63, 3.8) is 0 Å². The summed E-state index contributed by atoms with van der Waals surface area (Å²) in [7, 11) is 1.30. The fourth-order valence-electron chi connectivity index (χ4n) is 1.62. The van der Waals surface area contributed by atoms with Crippen molar-refractivity contribution >= 4 is 23.7 Å². The summed E-state index contributed by atoms with van der Waals surface area (Å²) >= 11 is 5.86. The second kappa shape index (κ2) is 6.83. The van der Waals surface area contributed by atoms with Gasteiger partial charge < -0.3 is 19.9 Å². The van der Waals surface area contributed by atoms with Gasteiger partial charge in [-0.1, -0.05) is 11.6 Å².